The summed E-state index contributed by atoms with van der Waals surface area (Å²) in [5.41, 5.74) is 1.88. The van der Waals surface area contributed by atoms with Gasteiger partial charge >= 0.3 is 6.03 Å². The highest BCUT2D eigenvalue weighted by atomic mass is 35.5. The SMILES string of the molecule is CN(Cc1ccc(Cl)s1)C(=O)NCCc1cn2ccccc2n1. The van der Waals surface area contributed by atoms with E-state index in [1.165, 1.54) is 11.3 Å². The van der Waals surface area contributed by atoms with Crippen LogP contribution in [0.3, 0.4) is 0 Å². The maximum absolute atomic E-state index is 12.1. The van der Waals surface area contributed by atoms with E-state index in [1.54, 1.807) is 11.9 Å². The fourth-order valence-electron chi connectivity index (χ4n) is 2.28. The number of imidazole rings is 1. The zero-order chi connectivity index (χ0) is 16.2. The van der Waals surface area contributed by atoms with Gasteiger partial charge in [0.1, 0.15) is 5.65 Å². The number of thiophene rings is 1. The predicted octanol–water partition coefficient (Wildman–Crippen LogP) is 3.43. The molecule has 0 aliphatic carbocycles. The maximum atomic E-state index is 12.1. The number of nitrogens with one attached hydrogen (secondary N) is 1. The topological polar surface area (TPSA) is 49.6 Å². The third kappa shape index (κ3) is 4.03. The van der Waals surface area contributed by atoms with E-state index in [2.05, 4.69) is 10.3 Å². The number of carbonyl (C=O) groups excluding carboxylic acids is 1. The normalized spacial score (nSPS) is 10.9. The summed E-state index contributed by atoms with van der Waals surface area (Å²) in [4.78, 5) is 19.3. The second-order valence-corrected chi connectivity index (χ2v) is 7.04. The Morgan fingerprint density at radius 1 is 1.39 bits per heavy atom. The second-order valence-electron chi connectivity index (χ2n) is 5.24. The summed E-state index contributed by atoms with van der Waals surface area (Å²) in [5, 5.41) is 2.91. The molecular formula is C16H17ClN4OS. The van der Waals surface area contributed by atoms with E-state index in [0.29, 0.717) is 19.5 Å². The van der Waals surface area contributed by atoms with E-state index >= 15 is 0 Å². The Balaban J connectivity index is 1.48. The van der Waals surface area contributed by atoms with E-state index in [9.17, 15) is 4.79 Å². The molecule has 3 aromatic heterocycles. The van der Waals surface area contributed by atoms with Crippen molar-refractivity contribution >= 4 is 34.6 Å². The first-order valence-corrected chi connectivity index (χ1v) is 8.47. The van der Waals surface area contributed by atoms with Crippen molar-refractivity contribution in [3.05, 3.63) is 57.6 Å². The minimum Gasteiger partial charge on any atom is -0.338 e. The molecule has 0 spiro atoms. The molecule has 0 fully saturated rings. The summed E-state index contributed by atoms with van der Waals surface area (Å²) in [6, 6.07) is 9.57. The lowest BCUT2D eigenvalue weighted by Crippen LogP contribution is -2.37. The fourth-order valence-corrected chi connectivity index (χ4v) is 3.42. The van der Waals surface area contributed by atoms with E-state index in [0.717, 1.165) is 20.6 Å². The summed E-state index contributed by atoms with van der Waals surface area (Å²) in [7, 11) is 1.77. The molecule has 0 radical (unpaired) electrons. The molecule has 0 saturated heterocycles. The second kappa shape index (κ2) is 7.02. The Kier molecular flexibility index (Phi) is 4.83. The van der Waals surface area contributed by atoms with Crippen molar-refractivity contribution in [1.82, 2.24) is 19.6 Å². The molecule has 2 amide bonds. The van der Waals surface area contributed by atoms with Crippen LogP contribution in [0.2, 0.25) is 4.34 Å². The minimum atomic E-state index is -0.0988. The first kappa shape index (κ1) is 15.8. The van der Waals surface area contributed by atoms with Gasteiger partial charge in [0.2, 0.25) is 0 Å². The summed E-state index contributed by atoms with van der Waals surface area (Å²) in [6.45, 7) is 1.11. The highest BCUT2D eigenvalue weighted by Gasteiger charge is 2.10. The molecule has 7 heteroatoms. The molecule has 0 saturated carbocycles. The van der Waals surface area contributed by atoms with Crippen LogP contribution in [0.15, 0.2) is 42.7 Å². The number of nitrogens with zero attached hydrogens (tertiary/aromatic N) is 3. The molecule has 0 aliphatic rings. The van der Waals surface area contributed by atoms with Crippen LogP contribution in [0.4, 0.5) is 4.79 Å². The molecule has 1 N–H and O–H groups in total. The van der Waals surface area contributed by atoms with Crippen LogP contribution in [0.1, 0.15) is 10.6 Å². The summed E-state index contributed by atoms with van der Waals surface area (Å²) >= 11 is 7.39. The average Bonchev–Trinajstić information content (AvgIpc) is 3.12. The molecule has 0 bridgehead atoms. The van der Waals surface area contributed by atoms with Crippen molar-refractivity contribution < 1.29 is 4.79 Å². The van der Waals surface area contributed by atoms with E-state index in [-0.39, 0.29) is 6.03 Å². The number of rotatable bonds is 5. The number of aromatic nitrogens is 2. The van der Waals surface area contributed by atoms with Crippen molar-refractivity contribution in [2.45, 2.75) is 13.0 Å². The molecule has 0 atom stereocenters. The fraction of sp³-hybridized carbons (Fsp3) is 0.250. The number of urea groups is 1. The predicted molar refractivity (Wildman–Crippen MR) is 93.1 cm³/mol. The molecule has 0 unspecified atom stereocenters. The van der Waals surface area contributed by atoms with Crippen LogP contribution in [-0.4, -0.2) is 33.9 Å². The van der Waals surface area contributed by atoms with Gasteiger partial charge in [-0.1, -0.05) is 17.7 Å². The van der Waals surface area contributed by atoms with E-state index in [1.807, 2.05) is 47.1 Å². The summed E-state index contributed by atoms with van der Waals surface area (Å²) in [6.07, 6.45) is 4.65. The van der Waals surface area contributed by atoms with Gasteiger partial charge in [-0.05, 0) is 24.3 Å². The standard InChI is InChI=1S/C16H17ClN4OS/c1-20(11-13-5-6-14(17)23-13)16(22)18-8-7-12-10-21-9-3-2-4-15(21)19-12/h2-6,9-10H,7-8,11H2,1H3,(H,18,22). The smallest absolute Gasteiger partial charge is 0.317 e. The molecule has 0 aliphatic heterocycles. The van der Waals surface area contributed by atoms with Crippen LogP contribution in [0, 0.1) is 0 Å². The Morgan fingerprint density at radius 2 is 2.26 bits per heavy atom. The summed E-state index contributed by atoms with van der Waals surface area (Å²) in [5.74, 6) is 0. The Labute approximate surface area is 143 Å². The Morgan fingerprint density at radius 3 is 3.00 bits per heavy atom. The monoisotopic (exact) mass is 348 g/mol. The van der Waals surface area contributed by atoms with Gasteiger partial charge in [0, 0.05) is 37.3 Å². The van der Waals surface area contributed by atoms with Crippen LogP contribution in [-0.2, 0) is 13.0 Å². The van der Waals surface area contributed by atoms with E-state index < -0.39 is 0 Å². The van der Waals surface area contributed by atoms with Crippen LogP contribution >= 0.6 is 22.9 Å². The third-order valence-electron chi connectivity index (χ3n) is 3.44. The number of pyridine rings is 1. The van der Waals surface area contributed by atoms with Gasteiger partial charge in [0.05, 0.1) is 16.6 Å². The number of amides is 2. The van der Waals surface area contributed by atoms with Crippen molar-refractivity contribution in [3.63, 3.8) is 0 Å². The van der Waals surface area contributed by atoms with Crippen molar-refractivity contribution in [3.8, 4) is 0 Å². The van der Waals surface area contributed by atoms with Crippen LogP contribution < -0.4 is 5.32 Å². The number of fused-ring (bicyclic) bond motifs is 1. The Bertz CT molecular complexity index is 780. The number of hydrogen-bond donors (Lipinski definition) is 1. The summed E-state index contributed by atoms with van der Waals surface area (Å²) < 4.78 is 2.71. The van der Waals surface area contributed by atoms with Gasteiger partial charge in [-0.25, -0.2) is 9.78 Å². The largest absolute Gasteiger partial charge is 0.338 e. The first-order valence-electron chi connectivity index (χ1n) is 7.27. The molecule has 3 aromatic rings. The zero-order valence-electron chi connectivity index (χ0n) is 12.7. The molecular weight excluding hydrogens is 332 g/mol. The molecule has 5 nitrogen and oxygen atoms in total. The number of hydrogen-bond acceptors (Lipinski definition) is 3. The quantitative estimate of drug-likeness (QED) is 0.768. The molecule has 0 aromatic carbocycles. The van der Waals surface area contributed by atoms with Gasteiger partial charge in [-0.15, -0.1) is 11.3 Å². The number of carbonyl (C=O) groups is 1. The zero-order valence-corrected chi connectivity index (χ0v) is 14.3. The molecule has 3 rings (SSSR count). The van der Waals surface area contributed by atoms with E-state index in [4.69, 9.17) is 11.6 Å². The first-order chi connectivity index (χ1) is 11.1. The molecule has 3 heterocycles. The van der Waals surface area contributed by atoms with Gasteiger partial charge in [-0.3, -0.25) is 0 Å². The molecule has 120 valence electrons. The van der Waals surface area contributed by atoms with Crippen LogP contribution in [0.25, 0.3) is 5.65 Å². The average molecular weight is 349 g/mol. The van der Waals surface area contributed by atoms with Gasteiger partial charge in [-0.2, -0.15) is 0 Å². The van der Waals surface area contributed by atoms with Crippen LogP contribution in [0.5, 0.6) is 0 Å². The third-order valence-corrected chi connectivity index (χ3v) is 4.66. The highest BCUT2D eigenvalue weighted by Crippen LogP contribution is 2.22. The lowest BCUT2D eigenvalue weighted by Gasteiger charge is -2.16. The van der Waals surface area contributed by atoms with Gasteiger partial charge in [0.25, 0.3) is 0 Å². The number of halogens is 1. The van der Waals surface area contributed by atoms with Crippen molar-refractivity contribution in [2.24, 2.45) is 0 Å². The van der Waals surface area contributed by atoms with Gasteiger partial charge in [0.15, 0.2) is 0 Å². The highest BCUT2D eigenvalue weighted by molar-refractivity contribution is 7.16. The minimum absolute atomic E-state index is 0.0988. The lowest BCUT2D eigenvalue weighted by atomic mass is 10.3. The molecule has 23 heavy (non-hydrogen) atoms. The van der Waals surface area contributed by atoms with Crippen molar-refractivity contribution in [1.29, 1.82) is 0 Å². The lowest BCUT2D eigenvalue weighted by molar-refractivity contribution is 0.207. The van der Waals surface area contributed by atoms with Gasteiger partial charge < -0.3 is 14.6 Å². The Hall–Kier alpha value is -2.05. The van der Waals surface area contributed by atoms with Crippen molar-refractivity contribution in [2.75, 3.05) is 13.6 Å². The maximum Gasteiger partial charge on any atom is 0.317 e.